The predicted molar refractivity (Wildman–Crippen MR) is 85.5 cm³/mol. The number of anilines is 1. The fourth-order valence-corrected chi connectivity index (χ4v) is 2.76. The topological polar surface area (TPSA) is 69.6 Å². The number of aryl methyl sites for hydroxylation is 1. The first-order valence-corrected chi connectivity index (χ1v) is 7.90. The molecular formula is C17H23FN2O3. The summed E-state index contributed by atoms with van der Waals surface area (Å²) in [5.41, 5.74) is 1.10. The maximum absolute atomic E-state index is 13.3. The van der Waals surface area contributed by atoms with Crippen molar-refractivity contribution in [3.8, 4) is 0 Å². The molecule has 2 amide bonds. The molecule has 1 heterocycles. The van der Waals surface area contributed by atoms with Crippen molar-refractivity contribution in [2.75, 3.05) is 18.1 Å². The minimum absolute atomic E-state index is 0.0353. The van der Waals surface area contributed by atoms with Crippen molar-refractivity contribution in [3.63, 3.8) is 0 Å². The van der Waals surface area contributed by atoms with E-state index < -0.39 is 5.92 Å². The Hall–Kier alpha value is -1.95. The average molecular weight is 322 g/mol. The van der Waals surface area contributed by atoms with E-state index >= 15 is 0 Å². The highest BCUT2D eigenvalue weighted by Crippen LogP contribution is 2.26. The zero-order valence-corrected chi connectivity index (χ0v) is 13.5. The van der Waals surface area contributed by atoms with Gasteiger partial charge in [-0.15, -0.1) is 0 Å². The maximum Gasteiger partial charge on any atom is 0.227 e. The molecule has 1 aromatic carbocycles. The molecule has 2 rings (SSSR count). The van der Waals surface area contributed by atoms with Crippen molar-refractivity contribution in [1.29, 1.82) is 0 Å². The summed E-state index contributed by atoms with van der Waals surface area (Å²) in [7, 11) is 0. The SMILES string of the molecule is Cc1cc(N2CC(C(=O)NC(C)CCCO)CC2=O)ccc1F. The quantitative estimate of drug-likeness (QED) is 0.838. The molecule has 5 nitrogen and oxygen atoms in total. The molecule has 2 unspecified atom stereocenters. The first-order valence-electron chi connectivity index (χ1n) is 7.90. The average Bonchev–Trinajstić information content (AvgIpc) is 2.90. The highest BCUT2D eigenvalue weighted by molar-refractivity contribution is 6.00. The molecule has 0 spiro atoms. The number of hydrogen-bond acceptors (Lipinski definition) is 3. The molecule has 1 aromatic rings. The Balaban J connectivity index is 1.98. The second-order valence-electron chi connectivity index (χ2n) is 6.11. The van der Waals surface area contributed by atoms with Crippen LogP contribution < -0.4 is 10.2 Å². The van der Waals surface area contributed by atoms with Crippen LogP contribution in [-0.2, 0) is 9.59 Å². The Bertz CT molecular complexity index is 591. The van der Waals surface area contributed by atoms with Crippen LogP contribution in [0.4, 0.5) is 10.1 Å². The van der Waals surface area contributed by atoms with E-state index in [9.17, 15) is 14.0 Å². The van der Waals surface area contributed by atoms with Gasteiger partial charge >= 0.3 is 0 Å². The van der Waals surface area contributed by atoms with Crippen molar-refractivity contribution in [2.24, 2.45) is 5.92 Å². The summed E-state index contributed by atoms with van der Waals surface area (Å²) in [6.45, 7) is 3.93. The predicted octanol–water partition coefficient (Wildman–Crippen LogP) is 1.76. The van der Waals surface area contributed by atoms with E-state index in [4.69, 9.17) is 5.11 Å². The van der Waals surface area contributed by atoms with Gasteiger partial charge in [0, 0.05) is 31.3 Å². The molecule has 23 heavy (non-hydrogen) atoms. The van der Waals surface area contributed by atoms with E-state index in [2.05, 4.69) is 5.32 Å². The van der Waals surface area contributed by atoms with Crippen molar-refractivity contribution in [1.82, 2.24) is 5.32 Å². The molecule has 1 aliphatic heterocycles. The smallest absolute Gasteiger partial charge is 0.227 e. The number of benzene rings is 1. The Morgan fingerprint density at radius 1 is 1.52 bits per heavy atom. The summed E-state index contributed by atoms with van der Waals surface area (Å²) in [5.74, 6) is -0.985. The Morgan fingerprint density at radius 3 is 2.91 bits per heavy atom. The molecule has 1 aliphatic rings. The summed E-state index contributed by atoms with van der Waals surface area (Å²) in [4.78, 5) is 25.9. The first kappa shape index (κ1) is 17.4. The molecule has 0 aliphatic carbocycles. The summed E-state index contributed by atoms with van der Waals surface area (Å²) >= 11 is 0. The summed E-state index contributed by atoms with van der Waals surface area (Å²) in [5, 5.41) is 11.7. The lowest BCUT2D eigenvalue weighted by atomic mass is 10.1. The lowest BCUT2D eigenvalue weighted by Crippen LogP contribution is -2.38. The molecule has 0 aromatic heterocycles. The highest BCUT2D eigenvalue weighted by atomic mass is 19.1. The molecule has 0 radical (unpaired) electrons. The van der Waals surface area contributed by atoms with Crippen LogP contribution >= 0.6 is 0 Å². The second kappa shape index (κ2) is 7.55. The standard InChI is InChI=1S/C17H23FN2O3/c1-11-8-14(5-6-15(11)18)20-10-13(9-16(20)22)17(23)19-12(2)4-3-7-21/h5-6,8,12-13,21H,3-4,7,9-10H2,1-2H3,(H,19,23). The molecule has 2 atom stereocenters. The lowest BCUT2D eigenvalue weighted by molar-refractivity contribution is -0.126. The highest BCUT2D eigenvalue weighted by Gasteiger charge is 2.35. The van der Waals surface area contributed by atoms with Gasteiger partial charge < -0.3 is 15.3 Å². The van der Waals surface area contributed by atoms with Gasteiger partial charge in [0.25, 0.3) is 0 Å². The monoisotopic (exact) mass is 322 g/mol. The van der Waals surface area contributed by atoms with Crippen LogP contribution in [-0.4, -0.2) is 36.1 Å². The van der Waals surface area contributed by atoms with Gasteiger partial charge in [0.15, 0.2) is 0 Å². The van der Waals surface area contributed by atoms with Crippen molar-refractivity contribution in [2.45, 2.75) is 39.2 Å². The number of aliphatic hydroxyl groups excluding tert-OH is 1. The number of hydrogen-bond donors (Lipinski definition) is 2. The van der Waals surface area contributed by atoms with Crippen molar-refractivity contribution in [3.05, 3.63) is 29.6 Å². The van der Waals surface area contributed by atoms with Gasteiger partial charge in [-0.3, -0.25) is 9.59 Å². The molecule has 0 saturated carbocycles. The first-order chi connectivity index (χ1) is 10.9. The molecule has 126 valence electrons. The van der Waals surface area contributed by atoms with Crippen LogP contribution in [0, 0.1) is 18.7 Å². The molecular weight excluding hydrogens is 299 g/mol. The van der Waals surface area contributed by atoms with Crippen LogP contribution in [0.2, 0.25) is 0 Å². The number of aliphatic hydroxyl groups is 1. The normalized spacial score (nSPS) is 19.0. The molecule has 1 saturated heterocycles. The second-order valence-corrected chi connectivity index (χ2v) is 6.11. The van der Waals surface area contributed by atoms with Gasteiger partial charge in [0.2, 0.25) is 11.8 Å². The molecule has 0 bridgehead atoms. The van der Waals surface area contributed by atoms with E-state index in [-0.39, 0.29) is 36.7 Å². The number of carbonyl (C=O) groups excluding carboxylic acids is 2. The number of nitrogens with zero attached hydrogens (tertiary/aromatic N) is 1. The fraction of sp³-hybridized carbons (Fsp3) is 0.529. The third kappa shape index (κ3) is 4.28. The van der Waals surface area contributed by atoms with Gasteiger partial charge in [-0.25, -0.2) is 4.39 Å². The summed E-state index contributed by atoms with van der Waals surface area (Å²) < 4.78 is 13.3. The zero-order chi connectivity index (χ0) is 17.0. The summed E-state index contributed by atoms with van der Waals surface area (Å²) in [6, 6.07) is 4.48. The van der Waals surface area contributed by atoms with Crippen LogP contribution in [0.3, 0.4) is 0 Å². The van der Waals surface area contributed by atoms with E-state index in [1.807, 2.05) is 6.92 Å². The third-order valence-electron chi connectivity index (χ3n) is 4.13. The number of rotatable bonds is 6. The van der Waals surface area contributed by atoms with Crippen LogP contribution in [0.15, 0.2) is 18.2 Å². The molecule has 2 N–H and O–H groups in total. The number of amides is 2. The minimum Gasteiger partial charge on any atom is -0.396 e. The Labute approximate surface area is 135 Å². The number of carbonyl (C=O) groups is 2. The van der Waals surface area contributed by atoms with Crippen LogP contribution in [0.1, 0.15) is 31.7 Å². The van der Waals surface area contributed by atoms with Crippen molar-refractivity contribution >= 4 is 17.5 Å². The fourth-order valence-electron chi connectivity index (χ4n) is 2.76. The number of nitrogens with one attached hydrogen (secondary N) is 1. The largest absolute Gasteiger partial charge is 0.396 e. The maximum atomic E-state index is 13.3. The Kier molecular flexibility index (Phi) is 5.71. The van der Waals surface area contributed by atoms with Gasteiger partial charge in [-0.1, -0.05) is 0 Å². The van der Waals surface area contributed by atoms with Gasteiger partial charge in [-0.05, 0) is 50.5 Å². The molecule has 6 heteroatoms. The van der Waals surface area contributed by atoms with E-state index in [1.165, 1.54) is 11.0 Å². The van der Waals surface area contributed by atoms with Gasteiger partial charge in [-0.2, -0.15) is 0 Å². The van der Waals surface area contributed by atoms with E-state index in [0.29, 0.717) is 30.6 Å². The van der Waals surface area contributed by atoms with E-state index in [0.717, 1.165) is 0 Å². The van der Waals surface area contributed by atoms with E-state index in [1.54, 1.807) is 19.1 Å². The Morgan fingerprint density at radius 2 is 2.26 bits per heavy atom. The lowest BCUT2D eigenvalue weighted by Gasteiger charge is -2.19. The van der Waals surface area contributed by atoms with Crippen molar-refractivity contribution < 1.29 is 19.1 Å². The minimum atomic E-state index is -0.399. The van der Waals surface area contributed by atoms with Gasteiger partial charge in [0.1, 0.15) is 5.82 Å². The summed E-state index contributed by atoms with van der Waals surface area (Å²) in [6.07, 6.45) is 1.49. The van der Waals surface area contributed by atoms with Crippen LogP contribution in [0.5, 0.6) is 0 Å². The number of halogens is 1. The third-order valence-corrected chi connectivity index (χ3v) is 4.13. The zero-order valence-electron chi connectivity index (χ0n) is 13.5. The van der Waals surface area contributed by atoms with Crippen LogP contribution in [0.25, 0.3) is 0 Å². The molecule has 1 fully saturated rings. The van der Waals surface area contributed by atoms with Gasteiger partial charge in [0.05, 0.1) is 5.92 Å².